The molecule has 0 saturated carbocycles. The first kappa shape index (κ1) is 19.7. The molecule has 2 saturated heterocycles. The molecular weight excluding hydrogens is 329 g/mol. The minimum absolute atomic E-state index is 0.126. The molecule has 146 valence electrons. The van der Waals surface area contributed by atoms with Crippen LogP contribution in [0.1, 0.15) is 38.7 Å². The van der Waals surface area contributed by atoms with E-state index >= 15 is 0 Å². The van der Waals surface area contributed by atoms with Crippen LogP contribution < -0.4 is 0 Å². The number of piperidine rings is 1. The van der Waals surface area contributed by atoms with E-state index in [1.807, 2.05) is 12.1 Å². The molecule has 26 heavy (non-hydrogen) atoms. The van der Waals surface area contributed by atoms with Gasteiger partial charge in [-0.15, -0.1) is 0 Å². The van der Waals surface area contributed by atoms with Crippen LogP contribution in [-0.2, 0) is 6.54 Å². The van der Waals surface area contributed by atoms with Crippen molar-refractivity contribution in [3.63, 3.8) is 0 Å². The lowest BCUT2D eigenvalue weighted by atomic mass is 9.98. The Morgan fingerprint density at radius 1 is 1.12 bits per heavy atom. The van der Waals surface area contributed by atoms with Crippen molar-refractivity contribution >= 4 is 0 Å². The second-order valence-electron chi connectivity index (χ2n) is 8.08. The Morgan fingerprint density at radius 2 is 1.85 bits per heavy atom. The fraction of sp³-hybridized carbons (Fsp3) is 0.714. The molecule has 0 spiro atoms. The summed E-state index contributed by atoms with van der Waals surface area (Å²) in [7, 11) is 0. The highest BCUT2D eigenvalue weighted by Crippen LogP contribution is 2.24. The van der Waals surface area contributed by atoms with Gasteiger partial charge in [0, 0.05) is 56.5 Å². The molecule has 2 aliphatic heterocycles. The number of likely N-dealkylation sites (tertiary alicyclic amines) is 1. The number of halogens is 1. The van der Waals surface area contributed by atoms with Gasteiger partial charge in [-0.05, 0) is 52.3 Å². The number of aliphatic hydroxyl groups is 1. The van der Waals surface area contributed by atoms with Gasteiger partial charge in [-0.25, -0.2) is 4.39 Å². The summed E-state index contributed by atoms with van der Waals surface area (Å²) in [6.07, 6.45) is 3.23. The summed E-state index contributed by atoms with van der Waals surface area (Å²) >= 11 is 0. The van der Waals surface area contributed by atoms with E-state index in [4.69, 9.17) is 0 Å². The molecule has 1 atom stereocenters. The summed E-state index contributed by atoms with van der Waals surface area (Å²) in [5.74, 6) is -0.126. The molecule has 1 unspecified atom stereocenters. The van der Waals surface area contributed by atoms with Crippen molar-refractivity contribution in [1.29, 1.82) is 0 Å². The van der Waals surface area contributed by atoms with Crippen LogP contribution in [0.25, 0.3) is 0 Å². The minimum Gasteiger partial charge on any atom is -0.396 e. The van der Waals surface area contributed by atoms with Crippen LogP contribution in [0.2, 0.25) is 0 Å². The number of aliphatic hydroxyl groups excluding tert-OH is 1. The van der Waals surface area contributed by atoms with Gasteiger partial charge in [0.05, 0.1) is 0 Å². The van der Waals surface area contributed by atoms with E-state index in [-0.39, 0.29) is 12.4 Å². The van der Waals surface area contributed by atoms with Crippen molar-refractivity contribution < 1.29 is 9.50 Å². The minimum atomic E-state index is -0.126. The van der Waals surface area contributed by atoms with E-state index in [1.54, 1.807) is 6.07 Å². The van der Waals surface area contributed by atoms with Crippen molar-refractivity contribution in [2.24, 2.45) is 0 Å². The van der Waals surface area contributed by atoms with Crippen molar-refractivity contribution in [2.75, 3.05) is 39.3 Å². The number of benzene rings is 1. The summed E-state index contributed by atoms with van der Waals surface area (Å²) in [4.78, 5) is 7.54. The number of hydrogen-bond acceptors (Lipinski definition) is 4. The predicted octanol–water partition coefficient (Wildman–Crippen LogP) is 2.57. The molecule has 5 heteroatoms. The van der Waals surface area contributed by atoms with Gasteiger partial charge in [-0.1, -0.05) is 18.2 Å². The Bertz CT molecular complexity index is 560. The standard InChI is InChI=1S/C21H34FN3O/c1-17(2)23-10-7-19(8-11-23)25-13-12-24(20(16-25)9-14-26)15-18-5-3-4-6-21(18)22/h3-6,17,19-20,26H,7-16H2,1-2H3. The maximum absolute atomic E-state index is 14.0. The molecule has 1 aromatic rings. The number of hydrogen-bond donors (Lipinski definition) is 1. The summed E-state index contributed by atoms with van der Waals surface area (Å²) in [6.45, 7) is 10.7. The molecule has 0 amide bonds. The maximum atomic E-state index is 14.0. The third-order valence-electron chi connectivity index (χ3n) is 6.18. The molecule has 1 N–H and O–H groups in total. The second-order valence-corrected chi connectivity index (χ2v) is 8.08. The first-order chi connectivity index (χ1) is 12.6. The Balaban J connectivity index is 1.58. The van der Waals surface area contributed by atoms with Gasteiger partial charge in [-0.2, -0.15) is 0 Å². The van der Waals surface area contributed by atoms with Gasteiger partial charge in [0.15, 0.2) is 0 Å². The first-order valence-corrected chi connectivity index (χ1v) is 10.1. The van der Waals surface area contributed by atoms with Crippen LogP contribution in [0.4, 0.5) is 4.39 Å². The van der Waals surface area contributed by atoms with Crippen molar-refractivity contribution in [3.8, 4) is 0 Å². The molecule has 2 heterocycles. The maximum Gasteiger partial charge on any atom is 0.127 e. The van der Waals surface area contributed by atoms with Crippen molar-refractivity contribution in [2.45, 2.75) is 57.8 Å². The second kappa shape index (κ2) is 9.27. The topological polar surface area (TPSA) is 30.0 Å². The zero-order chi connectivity index (χ0) is 18.5. The number of piperazine rings is 1. The Morgan fingerprint density at radius 3 is 2.50 bits per heavy atom. The van der Waals surface area contributed by atoms with E-state index in [0.717, 1.165) is 31.6 Å². The number of rotatable bonds is 6. The fourth-order valence-corrected chi connectivity index (χ4v) is 4.49. The highest BCUT2D eigenvalue weighted by molar-refractivity contribution is 5.17. The lowest BCUT2D eigenvalue weighted by Gasteiger charge is -2.47. The van der Waals surface area contributed by atoms with Crippen LogP contribution in [0.15, 0.2) is 24.3 Å². The molecule has 2 aliphatic rings. The third-order valence-corrected chi connectivity index (χ3v) is 6.18. The number of nitrogens with zero attached hydrogens (tertiary/aromatic N) is 3. The van der Waals surface area contributed by atoms with E-state index in [0.29, 0.717) is 24.7 Å². The quantitative estimate of drug-likeness (QED) is 0.841. The van der Waals surface area contributed by atoms with E-state index in [2.05, 4.69) is 28.5 Å². The van der Waals surface area contributed by atoms with Gasteiger partial charge in [0.1, 0.15) is 5.82 Å². The fourth-order valence-electron chi connectivity index (χ4n) is 4.49. The Kier molecular flexibility index (Phi) is 7.04. The lowest BCUT2D eigenvalue weighted by Crippen LogP contribution is -2.57. The predicted molar refractivity (Wildman–Crippen MR) is 104 cm³/mol. The summed E-state index contributed by atoms with van der Waals surface area (Å²) in [6, 6.07) is 8.65. The summed E-state index contributed by atoms with van der Waals surface area (Å²) in [5, 5.41) is 9.52. The lowest BCUT2D eigenvalue weighted by molar-refractivity contribution is 0.00950. The molecule has 3 rings (SSSR count). The van der Waals surface area contributed by atoms with Crippen LogP contribution in [0.5, 0.6) is 0 Å². The zero-order valence-electron chi connectivity index (χ0n) is 16.3. The highest BCUT2D eigenvalue weighted by Gasteiger charge is 2.32. The van der Waals surface area contributed by atoms with Gasteiger partial charge in [0.2, 0.25) is 0 Å². The average molecular weight is 364 g/mol. The van der Waals surface area contributed by atoms with E-state index in [1.165, 1.54) is 32.0 Å². The third kappa shape index (κ3) is 4.83. The molecule has 0 aliphatic carbocycles. The molecule has 0 bridgehead atoms. The molecule has 2 fully saturated rings. The van der Waals surface area contributed by atoms with Crippen LogP contribution in [0.3, 0.4) is 0 Å². The van der Waals surface area contributed by atoms with Crippen molar-refractivity contribution in [1.82, 2.24) is 14.7 Å². The average Bonchev–Trinajstić information content (AvgIpc) is 2.65. The van der Waals surface area contributed by atoms with E-state index < -0.39 is 0 Å². The SMILES string of the molecule is CC(C)N1CCC(N2CCN(Cc3ccccc3F)C(CCO)C2)CC1. The normalized spacial score (nSPS) is 24.4. The van der Waals surface area contributed by atoms with Crippen LogP contribution >= 0.6 is 0 Å². The van der Waals surface area contributed by atoms with E-state index in [9.17, 15) is 9.50 Å². The van der Waals surface area contributed by atoms with Gasteiger partial charge in [0.25, 0.3) is 0 Å². The van der Waals surface area contributed by atoms with Gasteiger partial charge < -0.3 is 10.0 Å². The zero-order valence-corrected chi connectivity index (χ0v) is 16.3. The molecule has 1 aromatic carbocycles. The smallest absolute Gasteiger partial charge is 0.127 e. The molecular formula is C21H34FN3O. The summed E-state index contributed by atoms with van der Waals surface area (Å²) < 4.78 is 14.0. The highest BCUT2D eigenvalue weighted by atomic mass is 19.1. The Labute approximate surface area is 157 Å². The first-order valence-electron chi connectivity index (χ1n) is 10.1. The van der Waals surface area contributed by atoms with Crippen LogP contribution in [-0.4, -0.2) is 77.3 Å². The van der Waals surface area contributed by atoms with Crippen molar-refractivity contribution in [3.05, 3.63) is 35.6 Å². The monoisotopic (exact) mass is 363 g/mol. The van der Waals surface area contributed by atoms with Crippen LogP contribution in [0, 0.1) is 5.82 Å². The Hall–Kier alpha value is -1.01. The summed E-state index contributed by atoms with van der Waals surface area (Å²) in [5.41, 5.74) is 0.758. The van der Waals surface area contributed by atoms with Gasteiger partial charge in [-0.3, -0.25) is 9.80 Å². The molecule has 0 radical (unpaired) electrons. The van der Waals surface area contributed by atoms with Gasteiger partial charge >= 0.3 is 0 Å². The largest absolute Gasteiger partial charge is 0.396 e. The molecule has 4 nitrogen and oxygen atoms in total. The molecule has 0 aromatic heterocycles.